The molecule has 1 aromatic carbocycles. The van der Waals surface area contributed by atoms with Crippen LogP contribution < -0.4 is 9.88 Å². The first kappa shape index (κ1) is 41.1. The molecule has 256 valence electrons. The number of benzene rings is 1. The van der Waals surface area contributed by atoms with Crippen LogP contribution in [0, 0.1) is 0 Å². The zero-order valence-corrected chi connectivity index (χ0v) is 30.2. The van der Waals surface area contributed by atoms with Crippen molar-refractivity contribution in [3.05, 3.63) is 66.5 Å². The molecule has 0 amide bonds. The van der Waals surface area contributed by atoms with Gasteiger partial charge in [0.25, 0.3) is 0 Å². The molecule has 2 heteroatoms. The monoisotopic (exact) mass is 620 g/mol. The maximum Gasteiger partial charge on any atom is 0.175 e. The molecule has 0 aliphatic carbocycles. The second-order valence-electron chi connectivity index (χ2n) is 13.3. The molecule has 0 radical (unpaired) electrons. The maximum absolute atomic E-state index is 3.66. The summed E-state index contributed by atoms with van der Waals surface area (Å²) in [7, 11) is 0. The number of rotatable bonds is 30. The van der Waals surface area contributed by atoms with Crippen molar-refractivity contribution < 1.29 is 4.57 Å². The topological polar surface area (TPSA) is 15.9 Å². The smallest absolute Gasteiger partial charge is 0.175 e. The van der Waals surface area contributed by atoms with Gasteiger partial charge >= 0.3 is 0 Å². The number of hydrogen-bond acceptors (Lipinski definition) is 1. The van der Waals surface area contributed by atoms with Gasteiger partial charge in [0.1, 0.15) is 0 Å². The van der Waals surface area contributed by atoms with E-state index in [1.54, 1.807) is 0 Å². The molecule has 0 spiro atoms. The van der Waals surface area contributed by atoms with Crippen LogP contribution in [0.5, 0.6) is 0 Å². The summed E-state index contributed by atoms with van der Waals surface area (Å²) in [6, 6.07) is 16.3. The molecule has 2 aromatic rings. The Labute approximate surface area is 281 Å². The average Bonchev–Trinajstić information content (AvgIpc) is 3.08. The summed E-state index contributed by atoms with van der Waals surface area (Å²) >= 11 is 0. The zero-order valence-electron chi connectivity index (χ0n) is 30.2. The van der Waals surface area contributed by atoms with Crippen molar-refractivity contribution in [2.75, 3.05) is 13.1 Å². The van der Waals surface area contributed by atoms with Crippen LogP contribution in [0.1, 0.15) is 186 Å². The van der Waals surface area contributed by atoms with Gasteiger partial charge in [0, 0.05) is 18.2 Å². The molecular formula is C43H75N2+. The Bertz CT molecular complexity index is 762. The number of pyridine rings is 1. The van der Waals surface area contributed by atoms with Crippen LogP contribution in [0.15, 0.2) is 60.9 Å². The van der Waals surface area contributed by atoms with E-state index in [-0.39, 0.29) is 0 Å². The summed E-state index contributed by atoms with van der Waals surface area (Å²) < 4.78 is 2.02. The largest absolute Gasteiger partial charge is 0.317 e. The van der Waals surface area contributed by atoms with Gasteiger partial charge in [0.15, 0.2) is 18.6 Å². The van der Waals surface area contributed by atoms with E-state index in [2.05, 4.69) is 37.4 Å². The summed E-state index contributed by atoms with van der Waals surface area (Å²) in [5, 5.41) is 3.66. The Morgan fingerprint density at radius 2 is 0.756 bits per heavy atom. The van der Waals surface area contributed by atoms with Crippen molar-refractivity contribution in [2.24, 2.45) is 0 Å². The number of nitrogens with one attached hydrogen (secondary N) is 1. The van der Waals surface area contributed by atoms with Crippen molar-refractivity contribution in [3.8, 4) is 0 Å². The summed E-state index contributed by atoms with van der Waals surface area (Å²) in [6.45, 7) is 7.10. The van der Waals surface area contributed by atoms with Gasteiger partial charge in [-0.1, -0.05) is 204 Å². The molecule has 0 atom stereocenters. The number of hydrogen-bond donors (Lipinski definition) is 1. The zero-order chi connectivity index (χ0) is 32.1. The number of aromatic nitrogens is 1. The normalized spacial score (nSPS) is 11.2. The Hall–Kier alpha value is -1.93. The molecule has 0 aliphatic heterocycles. The molecule has 2 nitrogen and oxygen atoms in total. The lowest BCUT2D eigenvalue weighted by atomic mass is 10.0. The van der Waals surface area contributed by atoms with Gasteiger partial charge in [-0.2, -0.15) is 4.57 Å². The SMILES string of the molecule is C(=C[n+]1ccccc1)c1ccccc1.CCCCCCCCCCCCCCCNCCCCCCCCCCCCCCC. The van der Waals surface area contributed by atoms with Crippen molar-refractivity contribution in [3.63, 3.8) is 0 Å². The van der Waals surface area contributed by atoms with E-state index < -0.39 is 0 Å². The third kappa shape index (κ3) is 30.5. The average molecular weight is 620 g/mol. The lowest BCUT2D eigenvalue weighted by Crippen LogP contribution is -2.23. The van der Waals surface area contributed by atoms with E-state index in [0.29, 0.717) is 0 Å². The van der Waals surface area contributed by atoms with Gasteiger partial charge in [-0.15, -0.1) is 0 Å². The lowest BCUT2D eigenvalue weighted by Gasteiger charge is -2.06. The highest BCUT2D eigenvalue weighted by Crippen LogP contribution is 2.13. The fraction of sp³-hybridized carbons (Fsp3) is 0.698. The minimum atomic E-state index is 1.21. The van der Waals surface area contributed by atoms with E-state index in [0.717, 1.165) is 0 Å². The molecule has 1 N–H and O–H groups in total. The molecule has 0 saturated carbocycles. The highest BCUT2D eigenvalue weighted by molar-refractivity contribution is 5.56. The summed E-state index contributed by atoms with van der Waals surface area (Å²) in [5.74, 6) is 0. The Balaban J connectivity index is 0.000000591. The van der Waals surface area contributed by atoms with Gasteiger partial charge in [-0.05, 0) is 31.5 Å². The highest BCUT2D eigenvalue weighted by Gasteiger charge is 1.96. The van der Waals surface area contributed by atoms with E-state index in [1.807, 2.05) is 59.6 Å². The van der Waals surface area contributed by atoms with Gasteiger partial charge in [-0.25, -0.2) is 0 Å². The van der Waals surface area contributed by atoms with E-state index in [1.165, 1.54) is 186 Å². The summed E-state index contributed by atoms with van der Waals surface area (Å²) in [4.78, 5) is 0. The van der Waals surface area contributed by atoms with Crippen LogP contribution in [0.4, 0.5) is 0 Å². The van der Waals surface area contributed by atoms with E-state index >= 15 is 0 Å². The molecule has 2 rings (SSSR count). The van der Waals surface area contributed by atoms with Crippen LogP contribution in [-0.2, 0) is 0 Å². The van der Waals surface area contributed by atoms with Crippen molar-refractivity contribution in [1.29, 1.82) is 0 Å². The Kier molecular flexibility index (Phi) is 31.9. The molecule has 45 heavy (non-hydrogen) atoms. The van der Waals surface area contributed by atoms with Crippen LogP contribution in [0.2, 0.25) is 0 Å². The quantitative estimate of drug-likeness (QED) is 0.0679. The molecule has 0 fully saturated rings. The molecule has 1 aromatic heterocycles. The van der Waals surface area contributed by atoms with Gasteiger partial charge in [-0.3, -0.25) is 0 Å². The van der Waals surface area contributed by atoms with Crippen molar-refractivity contribution >= 4 is 12.3 Å². The van der Waals surface area contributed by atoms with Crippen molar-refractivity contribution in [1.82, 2.24) is 5.32 Å². The molecule has 0 bridgehead atoms. The first-order chi connectivity index (χ1) is 22.4. The third-order valence-electron chi connectivity index (χ3n) is 8.89. The number of nitrogens with zero attached hydrogens (tertiary/aromatic N) is 1. The van der Waals surface area contributed by atoms with E-state index in [9.17, 15) is 0 Å². The first-order valence-corrected chi connectivity index (χ1v) is 19.8. The maximum atomic E-state index is 3.66. The van der Waals surface area contributed by atoms with Gasteiger partial charge in [0.05, 0.1) is 0 Å². The standard InChI is InChI=1S/C30H63N.C13H12N/c1-3-5-7-9-11-13-15-17-19-21-23-25-27-29-31-30-28-26-24-22-20-18-16-14-12-10-8-6-4-2;1-3-7-13(8-4-1)9-12-14-10-5-2-6-11-14/h31H,3-30H2,1-2H3;1-12H/q;+1. The Morgan fingerprint density at radius 1 is 0.422 bits per heavy atom. The fourth-order valence-corrected chi connectivity index (χ4v) is 5.91. The lowest BCUT2D eigenvalue weighted by molar-refractivity contribution is -0.567. The van der Waals surface area contributed by atoms with Crippen LogP contribution in [0.25, 0.3) is 12.3 Å². The van der Waals surface area contributed by atoms with Crippen LogP contribution in [0.3, 0.4) is 0 Å². The van der Waals surface area contributed by atoms with Crippen LogP contribution >= 0.6 is 0 Å². The van der Waals surface area contributed by atoms with Gasteiger partial charge in [0.2, 0.25) is 0 Å². The second kappa shape index (κ2) is 34.9. The van der Waals surface area contributed by atoms with Crippen LogP contribution in [-0.4, -0.2) is 13.1 Å². The molecule has 1 heterocycles. The van der Waals surface area contributed by atoms with Crippen molar-refractivity contribution in [2.45, 2.75) is 181 Å². The summed E-state index contributed by atoms with van der Waals surface area (Å²) in [6.07, 6.45) is 45.9. The third-order valence-corrected chi connectivity index (χ3v) is 8.89. The summed E-state index contributed by atoms with van der Waals surface area (Å²) in [5.41, 5.74) is 1.21. The predicted octanol–water partition coefficient (Wildman–Crippen LogP) is 13.4. The molecule has 0 aliphatic rings. The van der Waals surface area contributed by atoms with Gasteiger partial charge < -0.3 is 5.32 Å². The Morgan fingerprint density at radius 3 is 1.13 bits per heavy atom. The predicted molar refractivity (Wildman–Crippen MR) is 203 cm³/mol. The van der Waals surface area contributed by atoms with E-state index in [4.69, 9.17) is 0 Å². The number of unbranched alkanes of at least 4 members (excludes halogenated alkanes) is 24. The molecular weight excluding hydrogens is 544 g/mol. The first-order valence-electron chi connectivity index (χ1n) is 19.8. The molecule has 0 unspecified atom stereocenters. The fourth-order valence-electron chi connectivity index (χ4n) is 5.91. The highest BCUT2D eigenvalue weighted by atomic mass is 14.9. The second-order valence-corrected chi connectivity index (χ2v) is 13.3. The minimum Gasteiger partial charge on any atom is -0.317 e. The molecule has 0 saturated heterocycles. The minimum absolute atomic E-state index is 1.21.